The van der Waals surface area contributed by atoms with Crippen molar-refractivity contribution < 1.29 is 14.4 Å². The number of anilines is 1. The molecule has 33 heavy (non-hydrogen) atoms. The van der Waals surface area contributed by atoms with E-state index in [4.69, 9.17) is 0 Å². The lowest BCUT2D eigenvalue weighted by Crippen LogP contribution is -2.42. The highest BCUT2D eigenvalue weighted by Crippen LogP contribution is 2.32. The standard InChI is InChI=1S/C26H32N4O3/c31-24-17-21(18-30(24)23-10-5-8-20-7-1-2-9-22(20)23)26(33)29-14-6-11-27(15-16-29)19-25(32)28-12-3-4-13-28/h1-2,5,7-10,21H,3-4,6,11-19H2. The fraction of sp³-hybridized carbons (Fsp3) is 0.500. The molecule has 7 heteroatoms. The number of likely N-dealkylation sites (tertiary alicyclic amines) is 1. The first-order chi connectivity index (χ1) is 16.1. The van der Waals surface area contributed by atoms with Crippen LogP contribution >= 0.6 is 0 Å². The molecular weight excluding hydrogens is 416 g/mol. The summed E-state index contributed by atoms with van der Waals surface area (Å²) >= 11 is 0. The molecule has 0 aromatic heterocycles. The molecule has 174 valence electrons. The van der Waals surface area contributed by atoms with Crippen LogP contribution in [0.25, 0.3) is 10.8 Å². The van der Waals surface area contributed by atoms with E-state index in [-0.39, 0.29) is 30.1 Å². The van der Waals surface area contributed by atoms with Crippen molar-refractivity contribution in [1.82, 2.24) is 14.7 Å². The lowest BCUT2D eigenvalue weighted by Gasteiger charge is -2.25. The maximum Gasteiger partial charge on any atom is 0.236 e. The summed E-state index contributed by atoms with van der Waals surface area (Å²) < 4.78 is 0. The monoisotopic (exact) mass is 448 g/mol. The van der Waals surface area contributed by atoms with Gasteiger partial charge in [0.2, 0.25) is 17.7 Å². The van der Waals surface area contributed by atoms with Gasteiger partial charge in [0.1, 0.15) is 0 Å². The van der Waals surface area contributed by atoms with Crippen molar-refractivity contribution in [3.63, 3.8) is 0 Å². The molecule has 3 amide bonds. The van der Waals surface area contributed by atoms with E-state index in [2.05, 4.69) is 4.90 Å². The molecule has 0 spiro atoms. The zero-order valence-electron chi connectivity index (χ0n) is 19.1. The second-order valence-electron chi connectivity index (χ2n) is 9.45. The number of fused-ring (bicyclic) bond motifs is 1. The first kappa shape index (κ1) is 21.9. The number of amides is 3. The zero-order valence-corrected chi connectivity index (χ0v) is 19.1. The predicted molar refractivity (Wildman–Crippen MR) is 128 cm³/mol. The Bertz CT molecular complexity index is 1040. The van der Waals surface area contributed by atoms with Crippen LogP contribution in [-0.4, -0.2) is 84.8 Å². The highest BCUT2D eigenvalue weighted by Gasteiger charge is 2.38. The Morgan fingerprint density at radius 2 is 1.58 bits per heavy atom. The normalized spacial score (nSPS) is 22.2. The minimum atomic E-state index is -0.311. The largest absolute Gasteiger partial charge is 0.342 e. The van der Waals surface area contributed by atoms with Gasteiger partial charge in [-0.1, -0.05) is 36.4 Å². The van der Waals surface area contributed by atoms with Crippen molar-refractivity contribution in [3.05, 3.63) is 42.5 Å². The maximum atomic E-state index is 13.3. The Morgan fingerprint density at radius 1 is 0.818 bits per heavy atom. The van der Waals surface area contributed by atoms with Gasteiger partial charge >= 0.3 is 0 Å². The van der Waals surface area contributed by atoms with Crippen molar-refractivity contribution >= 4 is 34.2 Å². The molecule has 3 aliphatic rings. The summed E-state index contributed by atoms with van der Waals surface area (Å²) in [6.07, 6.45) is 3.32. The number of carbonyl (C=O) groups is 3. The second-order valence-corrected chi connectivity index (χ2v) is 9.45. The molecule has 3 fully saturated rings. The van der Waals surface area contributed by atoms with Crippen LogP contribution in [0.4, 0.5) is 5.69 Å². The minimum Gasteiger partial charge on any atom is -0.342 e. The van der Waals surface area contributed by atoms with Gasteiger partial charge in [0.25, 0.3) is 0 Å². The van der Waals surface area contributed by atoms with Gasteiger partial charge < -0.3 is 14.7 Å². The quantitative estimate of drug-likeness (QED) is 0.720. The lowest BCUT2D eigenvalue weighted by molar-refractivity contribution is -0.135. The summed E-state index contributed by atoms with van der Waals surface area (Å²) in [6, 6.07) is 14.0. The van der Waals surface area contributed by atoms with Gasteiger partial charge in [0.05, 0.1) is 18.2 Å². The van der Waals surface area contributed by atoms with Crippen LogP contribution in [0.2, 0.25) is 0 Å². The molecule has 3 aliphatic heterocycles. The van der Waals surface area contributed by atoms with Crippen LogP contribution in [0.3, 0.4) is 0 Å². The van der Waals surface area contributed by atoms with Crippen LogP contribution in [0, 0.1) is 5.92 Å². The summed E-state index contributed by atoms with van der Waals surface area (Å²) in [5, 5.41) is 2.13. The first-order valence-corrected chi connectivity index (χ1v) is 12.2. The highest BCUT2D eigenvalue weighted by molar-refractivity contribution is 6.07. The van der Waals surface area contributed by atoms with Crippen LogP contribution in [0.15, 0.2) is 42.5 Å². The molecule has 2 aromatic carbocycles. The molecule has 1 unspecified atom stereocenters. The molecule has 0 radical (unpaired) electrons. The fourth-order valence-corrected chi connectivity index (χ4v) is 5.41. The third-order valence-corrected chi connectivity index (χ3v) is 7.25. The number of hydrogen-bond acceptors (Lipinski definition) is 4. The van der Waals surface area contributed by atoms with E-state index in [1.54, 1.807) is 4.90 Å². The summed E-state index contributed by atoms with van der Waals surface area (Å²) in [5.74, 6) is -0.0233. The van der Waals surface area contributed by atoms with Gasteiger partial charge in [-0.3, -0.25) is 19.3 Å². The van der Waals surface area contributed by atoms with Gasteiger partial charge in [0, 0.05) is 57.6 Å². The molecular formula is C26H32N4O3. The lowest BCUT2D eigenvalue weighted by atomic mass is 10.1. The van der Waals surface area contributed by atoms with E-state index in [0.29, 0.717) is 32.7 Å². The average Bonchev–Trinajstić information content (AvgIpc) is 3.44. The SMILES string of the molecule is O=C(CN1CCCN(C(=O)C2CC(=O)N(c3cccc4ccccc34)C2)CC1)N1CCCC1. The molecule has 0 N–H and O–H groups in total. The average molecular weight is 449 g/mol. The van der Waals surface area contributed by atoms with E-state index in [9.17, 15) is 14.4 Å². The fourth-order valence-electron chi connectivity index (χ4n) is 5.41. The van der Waals surface area contributed by atoms with Crippen LogP contribution in [0.1, 0.15) is 25.7 Å². The van der Waals surface area contributed by atoms with Crippen molar-refractivity contribution in [2.45, 2.75) is 25.7 Å². The minimum absolute atomic E-state index is 0.0114. The summed E-state index contributed by atoms with van der Waals surface area (Å²) in [5.41, 5.74) is 0.885. The van der Waals surface area contributed by atoms with Gasteiger partial charge in [0.15, 0.2) is 0 Å². The number of benzene rings is 2. The third kappa shape index (κ3) is 4.60. The van der Waals surface area contributed by atoms with Gasteiger partial charge in [-0.2, -0.15) is 0 Å². The highest BCUT2D eigenvalue weighted by atomic mass is 16.2. The van der Waals surface area contributed by atoms with E-state index < -0.39 is 0 Å². The van der Waals surface area contributed by atoms with Crippen LogP contribution < -0.4 is 4.90 Å². The van der Waals surface area contributed by atoms with Gasteiger partial charge in [-0.25, -0.2) is 0 Å². The molecule has 0 aliphatic carbocycles. The Morgan fingerprint density at radius 3 is 2.42 bits per heavy atom. The molecule has 1 atom stereocenters. The molecule has 0 bridgehead atoms. The van der Waals surface area contributed by atoms with Crippen molar-refractivity contribution in [2.24, 2.45) is 5.92 Å². The number of nitrogens with zero attached hydrogens (tertiary/aromatic N) is 4. The number of hydrogen-bond donors (Lipinski definition) is 0. The van der Waals surface area contributed by atoms with Gasteiger partial charge in [-0.15, -0.1) is 0 Å². The third-order valence-electron chi connectivity index (χ3n) is 7.25. The Balaban J connectivity index is 1.21. The summed E-state index contributed by atoms with van der Waals surface area (Å²) in [7, 11) is 0. The molecule has 3 heterocycles. The van der Waals surface area contributed by atoms with Crippen molar-refractivity contribution in [1.29, 1.82) is 0 Å². The maximum absolute atomic E-state index is 13.3. The number of carbonyl (C=O) groups excluding carboxylic acids is 3. The Hall–Kier alpha value is -2.93. The van der Waals surface area contributed by atoms with E-state index in [1.165, 1.54) is 0 Å². The van der Waals surface area contributed by atoms with E-state index in [1.807, 2.05) is 52.3 Å². The molecule has 7 nitrogen and oxygen atoms in total. The summed E-state index contributed by atoms with van der Waals surface area (Å²) in [6.45, 7) is 5.46. The van der Waals surface area contributed by atoms with E-state index in [0.717, 1.165) is 55.4 Å². The van der Waals surface area contributed by atoms with Crippen LogP contribution in [-0.2, 0) is 14.4 Å². The Kier molecular flexibility index (Phi) is 6.31. The predicted octanol–water partition coefficient (Wildman–Crippen LogP) is 2.35. The molecule has 3 saturated heterocycles. The number of rotatable bonds is 4. The van der Waals surface area contributed by atoms with Gasteiger partial charge in [-0.05, 0) is 30.7 Å². The van der Waals surface area contributed by atoms with Crippen LogP contribution in [0.5, 0.6) is 0 Å². The first-order valence-electron chi connectivity index (χ1n) is 12.2. The molecule has 5 rings (SSSR count). The van der Waals surface area contributed by atoms with E-state index >= 15 is 0 Å². The molecule has 2 aromatic rings. The topological polar surface area (TPSA) is 64.2 Å². The second kappa shape index (κ2) is 9.51. The Labute approximate surface area is 194 Å². The summed E-state index contributed by atoms with van der Waals surface area (Å²) in [4.78, 5) is 46.6. The van der Waals surface area contributed by atoms with Crippen molar-refractivity contribution in [2.75, 3.05) is 57.3 Å². The zero-order chi connectivity index (χ0) is 22.8. The van der Waals surface area contributed by atoms with Crippen molar-refractivity contribution in [3.8, 4) is 0 Å². The molecule has 0 saturated carbocycles. The smallest absolute Gasteiger partial charge is 0.236 e.